The van der Waals surface area contributed by atoms with Crippen LogP contribution in [-0.2, 0) is 18.4 Å². The van der Waals surface area contributed by atoms with Crippen LogP contribution in [0.4, 0.5) is 0 Å². The number of allylic oxidation sites excluding steroid dienone is 13. The fraction of sp³-hybridized carbons (Fsp3) is 0.727. The Morgan fingerprint density at radius 3 is 1.44 bits per heavy atom. The predicted molar refractivity (Wildman–Crippen MR) is 276 cm³/mol. The number of quaternary nitrogens is 1. The summed E-state index contributed by atoms with van der Waals surface area (Å²) in [4.78, 5) is 23.2. The Hall–Kier alpha value is -2.32. The van der Waals surface area contributed by atoms with Gasteiger partial charge in [0.1, 0.15) is 13.2 Å². The van der Waals surface area contributed by atoms with Gasteiger partial charge in [-0.3, -0.25) is 13.8 Å². The van der Waals surface area contributed by atoms with E-state index >= 15 is 0 Å². The molecule has 3 unspecified atom stereocenters. The zero-order chi connectivity index (χ0) is 47.1. The van der Waals surface area contributed by atoms with Gasteiger partial charge in [0.25, 0.3) is 0 Å². The van der Waals surface area contributed by atoms with E-state index in [0.29, 0.717) is 17.4 Å². The number of unbranched alkanes of at least 4 members (excludes halogenated alkanes) is 21. The van der Waals surface area contributed by atoms with Crippen molar-refractivity contribution in [1.29, 1.82) is 0 Å². The monoisotopic (exact) mass is 916 g/mol. The average molecular weight is 916 g/mol. The van der Waals surface area contributed by atoms with Gasteiger partial charge in [-0.05, 0) is 83.5 Å². The predicted octanol–water partition coefficient (Wildman–Crippen LogP) is 15.3. The lowest BCUT2D eigenvalue weighted by Crippen LogP contribution is -2.45. The fourth-order valence-electron chi connectivity index (χ4n) is 7.00. The molecular weight excluding hydrogens is 816 g/mol. The SMILES string of the molecule is CC/C=C\C/C=C\C/C=C\C/C=C\CCCCCCCCCCCCC(=O)NC(COP(=O)(O)OCC[N+](C)(C)C)C(O)/C=C/CC/C=C/CC/C=C/CCCCCCCCCCC. The van der Waals surface area contributed by atoms with Gasteiger partial charge in [-0.2, -0.15) is 0 Å². The van der Waals surface area contributed by atoms with Crippen LogP contribution in [0.15, 0.2) is 85.1 Å². The van der Waals surface area contributed by atoms with Crippen LogP contribution in [0.25, 0.3) is 0 Å². The van der Waals surface area contributed by atoms with Gasteiger partial charge in [-0.15, -0.1) is 0 Å². The Bertz CT molecular complexity index is 1310. The Morgan fingerprint density at radius 1 is 0.547 bits per heavy atom. The maximum absolute atomic E-state index is 12.9. The number of carbonyl (C=O) groups is 1. The number of phosphoric ester groups is 1. The third-order valence-corrected chi connectivity index (χ3v) is 12.1. The molecule has 0 aromatic rings. The Labute approximate surface area is 395 Å². The van der Waals surface area contributed by atoms with Crippen molar-refractivity contribution in [2.75, 3.05) is 40.9 Å². The van der Waals surface area contributed by atoms with E-state index in [0.717, 1.165) is 77.0 Å². The molecule has 3 atom stereocenters. The molecule has 0 spiro atoms. The first kappa shape index (κ1) is 61.7. The molecule has 9 heteroatoms. The smallest absolute Gasteiger partial charge is 0.387 e. The van der Waals surface area contributed by atoms with Gasteiger partial charge in [0, 0.05) is 6.42 Å². The van der Waals surface area contributed by atoms with Gasteiger partial charge in [0.15, 0.2) is 0 Å². The summed E-state index contributed by atoms with van der Waals surface area (Å²) in [5.74, 6) is -0.199. The lowest BCUT2D eigenvalue weighted by molar-refractivity contribution is -0.870. The molecule has 0 fully saturated rings. The van der Waals surface area contributed by atoms with Crippen molar-refractivity contribution in [2.45, 2.75) is 219 Å². The standard InChI is InChI=1S/C55H99N2O6P/c1-6-8-10-12-14-16-18-20-22-24-26-27-28-29-31-33-35-37-39-41-43-45-47-49-55(59)56-53(52-63-64(60,61)62-51-50-57(3,4)5)54(58)48-46-44-42-40-38-36-34-32-30-25-23-21-19-17-15-13-11-9-7-2/h8,10,14,16,20,22,26-27,30,32,38,40,46,48,53-54,58H,6-7,9,11-13,15,17-19,21,23-25,28-29,31,33-37,39,41-45,47,49-52H2,1-5H3,(H-,56,59,60,61)/p+1/b10-8-,16-14-,22-20-,27-26-,32-30+,40-38+,48-46+. The highest BCUT2D eigenvalue weighted by Gasteiger charge is 2.27. The topological polar surface area (TPSA) is 105 Å². The summed E-state index contributed by atoms with van der Waals surface area (Å²) in [5.41, 5.74) is 0. The van der Waals surface area contributed by atoms with E-state index in [1.54, 1.807) is 6.08 Å². The second-order valence-electron chi connectivity index (χ2n) is 18.5. The molecule has 0 aliphatic heterocycles. The second kappa shape index (κ2) is 45.8. The maximum Gasteiger partial charge on any atom is 0.472 e. The number of aliphatic hydroxyl groups is 1. The maximum atomic E-state index is 12.9. The highest BCUT2D eigenvalue weighted by molar-refractivity contribution is 7.47. The van der Waals surface area contributed by atoms with Crippen molar-refractivity contribution in [1.82, 2.24) is 5.32 Å². The largest absolute Gasteiger partial charge is 0.472 e. The van der Waals surface area contributed by atoms with Crippen LogP contribution < -0.4 is 5.32 Å². The quantitative estimate of drug-likeness (QED) is 0.0243. The zero-order valence-corrected chi connectivity index (χ0v) is 42.9. The van der Waals surface area contributed by atoms with Crippen LogP contribution in [0.2, 0.25) is 0 Å². The van der Waals surface area contributed by atoms with Gasteiger partial charge >= 0.3 is 7.82 Å². The molecule has 370 valence electrons. The summed E-state index contributed by atoms with van der Waals surface area (Å²) in [7, 11) is 1.53. The fourth-order valence-corrected chi connectivity index (χ4v) is 7.74. The number of carbonyl (C=O) groups excluding carboxylic acids is 1. The van der Waals surface area contributed by atoms with Gasteiger partial charge in [-0.25, -0.2) is 4.57 Å². The van der Waals surface area contributed by atoms with Crippen molar-refractivity contribution in [2.24, 2.45) is 0 Å². The second-order valence-corrected chi connectivity index (χ2v) is 19.9. The van der Waals surface area contributed by atoms with Crippen molar-refractivity contribution >= 4 is 13.7 Å². The van der Waals surface area contributed by atoms with Crippen LogP contribution in [0.5, 0.6) is 0 Å². The molecule has 0 radical (unpaired) electrons. The van der Waals surface area contributed by atoms with E-state index in [-0.39, 0.29) is 19.1 Å². The number of phosphoric acid groups is 1. The summed E-state index contributed by atoms with van der Waals surface area (Å²) in [6, 6.07) is -0.877. The Morgan fingerprint density at radius 2 is 0.953 bits per heavy atom. The molecule has 0 aliphatic carbocycles. The van der Waals surface area contributed by atoms with E-state index in [2.05, 4.69) is 92.1 Å². The Balaban J connectivity index is 4.38. The number of amides is 1. The molecule has 0 heterocycles. The molecule has 1 amide bonds. The molecule has 0 aromatic heterocycles. The molecule has 0 saturated carbocycles. The van der Waals surface area contributed by atoms with Crippen LogP contribution in [0.3, 0.4) is 0 Å². The van der Waals surface area contributed by atoms with Crippen LogP contribution in [-0.4, -0.2) is 73.4 Å². The Kier molecular flexibility index (Phi) is 44.2. The van der Waals surface area contributed by atoms with Gasteiger partial charge in [0.2, 0.25) is 5.91 Å². The van der Waals surface area contributed by atoms with E-state index in [9.17, 15) is 19.4 Å². The van der Waals surface area contributed by atoms with E-state index in [1.165, 1.54) is 109 Å². The van der Waals surface area contributed by atoms with Crippen LogP contribution in [0.1, 0.15) is 206 Å². The van der Waals surface area contributed by atoms with Crippen LogP contribution in [0, 0.1) is 0 Å². The minimum absolute atomic E-state index is 0.0488. The summed E-state index contributed by atoms with van der Waals surface area (Å²) in [6.07, 6.45) is 63.8. The number of nitrogens with one attached hydrogen (secondary N) is 1. The summed E-state index contributed by atoms with van der Waals surface area (Å²) in [6.45, 7) is 4.66. The molecule has 3 N–H and O–H groups in total. The zero-order valence-electron chi connectivity index (χ0n) is 42.0. The van der Waals surface area contributed by atoms with Crippen molar-refractivity contribution in [3.05, 3.63) is 85.1 Å². The van der Waals surface area contributed by atoms with Crippen molar-refractivity contribution in [3.8, 4) is 0 Å². The molecule has 8 nitrogen and oxygen atoms in total. The van der Waals surface area contributed by atoms with Gasteiger partial charge < -0.3 is 19.8 Å². The van der Waals surface area contributed by atoms with Crippen molar-refractivity contribution in [3.63, 3.8) is 0 Å². The lowest BCUT2D eigenvalue weighted by atomic mass is 10.0. The third-order valence-electron chi connectivity index (χ3n) is 11.1. The molecular formula is C55H100N2O6P+. The normalized spacial score (nSPS) is 14.8. The summed E-state index contributed by atoms with van der Waals surface area (Å²) >= 11 is 0. The molecule has 0 rings (SSSR count). The first-order valence-electron chi connectivity index (χ1n) is 26.0. The number of hydrogen-bond donors (Lipinski definition) is 3. The first-order valence-corrected chi connectivity index (χ1v) is 27.5. The molecule has 64 heavy (non-hydrogen) atoms. The van der Waals surface area contributed by atoms with Gasteiger partial charge in [0.05, 0.1) is 39.9 Å². The highest BCUT2D eigenvalue weighted by atomic mass is 31.2. The average Bonchev–Trinajstić information content (AvgIpc) is 3.25. The summed E-state index contributed by atoms with van der Waals surface area (Å²) < 4.78 is 23.6. The number of hydrogen-bond acceptors (Lipinski definition) is 5. The van der Waals surface area contributed by atoms with Crippen molar-refractivity contribution < 1.29 is 32.9 Å². The number of aliphatic hydroxyl groups excluding tert-OH is 1. The third kappa shape index (κ3) is 47.6. The molecule has 0 saturated heterocycles. The van der Waals surface area contributed by atoms with Crippen LogP contribution >= 0.6 is 7.82 Å². The van der Waals surface area contributed by atoms with E-state index in [4.69, 9.17) is 9.05 Å². The molecule has 0 bridgehead atoms. The molecule has 0 aromatic carbocycles. The number of rotatable bonds is 46. The summed E-state index contributed by atoms with van der Waals surface area (Å²) in [5, 5.41) is 13.9. The molecule has 0 aliphatic rings. The first-order chi connectivity index (χ1) is 31.0. The number of likely N-dealkylation sites (N-methyl/N-ethyl adjacent to an activating group) is 1. The minimum Gasteiger partial charge on any atom is -0.387 e. The minimum atomic E-state index is -4.36. The van der Waals surface area contributed by atoms with E-state index in [1.807, 2.05) is 27.2 Å². The highest BCUT2D eigenvalue weighted by Crippen LogP contribution is 2.43. The lowest BCUT2D eigenvalue weighted by Gasteiger charge is -2.25. The van der Waals surface area contributed by atoms with E-state index < -0.39 is 20.0 Å². The number of nitrogens with zero attached hydrogens (tertiary/aromatic N) is 1. The van der Waals surface area contributed by atoms with Gasteiger partial charge in [-0.1, -0.05) is 202 Å².